The van der Waals surface area contributed by atoms with Crippen LogP contribution in [0.4, 0.5) is 0 Å². The fourth-order valence-corrected chi connectivity index (χ4v) is 5.39. The van der Waals surface area contributed by atoms with Gasteiger partial charge < -0.3 is 14.7 Å². The molecule has 160 valence electrons. The Balaban J connectivity index is 1.86. The lowest BCUT2D eigenvalue weighted by Gasteiger charge is -2.17. The number of halogens is 1. The SMILES string of the molecule is CCCOC(=O)c1c[nH]c2c(=O)[nH]c3ccc(S(=O)(=O)N4CC[C@H](NCl)C4)cc3c12. The van der Waals surface area contributed by atoms with Crippen molar-refractivity contribution in [3.05, 3.63) is 40.3 Å². The number of pyridine rings is 1. The zero-order chi connectivity index (χ0) is 21.5. The van der Waals surface area contributed by atoms with Gasteiger partial charge in [-0.15, -0.1) is 0 Å². The van der Waals surface area contributed by atoms with Gasteiger partial charge in [-0.2, -0.15) is 4.31 Å². The second kappa shape index (κ2) is 8.03. The Labute approximate surface area is 177 Å². The van der Waals surface area contributed by atoms with Crippen molar-refractivity contribution in [2.75, 3.05) is 19.7 Å². The molecule has 0 saturated carbocycles. The molecule has 9 nitrogen and oxygen atoms in total. The van der Waals surface area contributed by atoms with Crippen molar-refractivity contribution in [1.29, 1.82) is 0 Å². The summed E-state index contributed by atoms with van der Waals surface area (Å²) in [6.45, 7) is 2.74. The fraction of sp³-hybridized carbons (Fsp3) is 0.368. The average molecular weight is 453 g/mol. The van der Waals surface area contributed by atoms with Gasteiger partial charge in [0.05, 0.1) is 17.1 Å². The summed E-state index contributed by atoms with van der Waals surface area (Å²) in [6.07, 6.45) is 2.68. The van der Waals surface area contributed by atoms with E-state index in [-0.39, 0.29) is 35.2 Å². The van der Waals surface area contributed by atoms with E-state index in [1.165, 1.54) is 28.7 Å². The van der Waals surface area contributed by atoms with Crippen molar-refractivity contribution in [1.82, 2.24) is 19.1 Å². The maximum atomic E-state index is 13.1. The van der Waals surface area contributed by atoms with E-state index >= 15 is 0 Å². The maximum absolute atomic E-state index is 13.1. The van der Waals surface area contributed by atoms with Crippen LogP contribution in [0.5, 0.6) is 0 Å². The first-order valence-electron chi connectivity index (χ1n) is 9.57. The number of ether oxygens (including phenoxy) is 1. The van der Waals surface area contributed by atoms with Gasteiger partial charge in [0.2, 0.25) is 10.0 Å². The Morgan fingerprint density at radius 2 is 2.20 bits per heavy atom. The van der Waals surface area contributed by atoms with Crippen molar-refractivity contribution in [3.63, 3.8) is 0 Å². The smallest absolute Gasteiger partial charge is 0.340 e. The average Bonchev–Trinajstić information content (AvgIpc) is 3.40. The van der Waals surface area contributed by atoms with Crippen LogP contribution in [-0.2, 0) is 14.8 Å². The zero-order valence-corrected chi connectivity index (χ0v) is 17.8. The molecule has 1 fully saturated rings. The number of hydrogen-bond acceptors (Lipinski definition) is 6. The van der Waals surface area contributed by atoms with Gasteiger partial charge in [-0.1, -0.05) is 6.92 Å². The van der Waals surface area contributed by atoms with Gasteiger partial charge in [0.15, 0.2) is 0 Å². The zero-order valence-electron chi connectivity index (χ0n) is 16.2. The Kier molecular flexibility index (Phi) is 5.58. The Bertz CT molecular complexity index is 1280. The Hall–Kier alpha value is -2.40. The first-order chi connectivity index (χ1) is 14.4. The van der Waals surface area contributed by atoms with Crippen LogP contribution < -0.4 is 10.4 Å². The van der Waals surface area contributed by atoms with Crippen LogP contribution in [-0.4, -0.2) is 54.4 Å². The molecule has 3 aromatic rings. The van der Waals surface area contributed by atoms with Crippen molar-refractivity contribution in [3.8, 4) is 0 Å². The first-order valence-corrected chi connectivity index (χ1v) is 11.4. The second-order valence-corrected chi connectivity index (χ2v) is 9.36. The molecule has 2 aromatic heterocycles. The molecule has 30 heavy (non-hydrogen) atoms. The minimum atomic E-state index is -3.77. The Morgan fingerprint density at radius 3 is 2.90 bits per heavy atom. The third-order valence-electron chi connectivity index (χ3n) is 5.22. The number of nitrogens with zero attached hydrogens (tertiary/aromatic N) is 1. The predicted molar refractivity (Wildman–Crippen MR) is 113 cm³/mol. The largest absolute Gasteiger partial charge is 0.462 e. The number of sulfonamides is 1. The monoisotopic (exact) mass is 452 g/mol. The van der Waals surface area contributed by atoms with Crippen LogP contribution in [0.3, 0.4) is 0 Å². The number of nitrogens with one attached hydrogen (secondary N) is 3. The number of fused-ring (bicyclic) bond motifs is 3. The number of carbonyl (C=O) groups excluding carboxylic acids is 1. The number of aromatic amines is 2. The van der Waals surface area contributed by atoms with Crippen molar-refractivity contribution < 1.29 is 17.9 Å². The fourth-order valence-electron chi connectivity index (χ4n) is 3.68. The van der Waals surface area contributed by atoms with Crippen LogP contribution in [0, 0.1) is 0 Å². The highest BCUT2D eigenvalue weighted by Gasteiger charge is 2.32. The van der Waals surface area contributed by atoms with E-state index in [4.69, 9.17) is 16.5 Å². The summed E-state index contributed by atoms with van der Waals surface area (Å²) in [7, 11) is -3.77. The molecular weight excluding hydrogens is 432 g/mol. The van der Waals surface area contributed by atoms with Crippen molar-refractivity contribution in [2.45, 2.75) is 30.7 Å². The topological polar surface area (TPSA) is 124 Å². The number of benzene rings is 1. The molecule has 0 unspecified atom stereocenters. The summed E-state index contributed by atoms with van der Waals surface area (Å²) in [6, 6.07) is 4.34. The lowest BCUT2D eigenvalue weighted by Crippen LogP contribution is -2.32. The molecule has 1 saturated heterocycles. The summed E-state index contributed by atoms with van der Waals surface area (Å²) >= 11 is 5.65. The number of carbonyl (C=O) groups is 1. The van der Waals surface area contributed by atoms with E-state index < -0.39 is 21.6 Å². The second-order valence-electron chi connectivity index (χ2n) is 7.21. The summed E-state index contributed by atoms with van der Waals surface area (Å²) in [4.78, 5) is 33.1. The molecule has 0 spiro atoms. The molecular formula is C19H21ClN4O5S. The highest BCUT2D eigenvalue weighted by molar-refractivity contribution is 7.89. The lowest BCUT2D eigenvalue weighted by molar-refractivity contribution is 0.0507. The number of rotatable bonds is 6. The van der Waals surface area contributed by atoms with Crippen LogP contribution in [0.1, 0.15) is 30.1 Å². The van der Waals surface area contributed by atoms with E-state index in [0.29, 0.717) is 35.7 Å². The van der Waals surface area contributed by atoms with Gasteiger partial charge in [0.1, 0.15) is 5.52 Å². The van der Waals surface area contributed by atoms with E-state index in [1.54, 1.807) is 0 Å². The number of aromatic nitrogens is 2. The van der Waals surface area contributed by atoms with Crippen LogP contribution in [0.25, 0.3) is 21.8 Å². The van der Waals surface area contributed by atoms with E-state index in [2.05, 4.69) is 14.8 Å². The van der Waals surface area contributed by atoms with Crippen LogP contribution >= 0.6 is 11.8 Å². The molecule has 1 aromatic carbocycles. The molecule has 3 heterocycles. The summed E-state index contributed by atoms with van der Waals surface area (Å²) in [5.41, 5.74) is 0.403. The first kappa shape index (κ1) is 20.9. The third kappa shape index (κ3) is 3.49. The van der Waals surface area contributed by atoms with E-state index in [9.17, 15) is 18.0 Å². The van der Waals surface area contributed by atoms with Crippen molar-refractivity contribution >= 4 is 49.6 Å². The van der Waals surface area contributed by atoms with E-state index in [0.717, 1.165) is 0 Å². The van der Waals surface area contributed by atoms with Crippen molar-refractivity contribution in [2.24, 2.45) is 0 Å². The maximum Gasteiger partial charge on any atom is 0.340 e. The van der Waals surface area contributed by atoms with Gasteiger partial charge in [0, 0.05) is 41.6 Å². The van der Waals surface area contributed by atoms with E-state index in [1.807, 2.05) is 6.92 Å². The number of hydrogen-bond donors (Lipinski definition) is 3. The summed E-state index contributed by atoms with van der Waals surface area (Å²) in [5, 5.41) is 0.787. The summed E-state index contributed by atoms with van der Waals surface area (Å²) in [5.74, 6) is -0.571. The highest BCUT2D eigenvalue weighted by Crippen LogP contribution is 2.29. The molecule has 4 rings (SSSR count). The number of H-pyrrole nitrogens is 2. The van der Waals surface area contributed by atoms with Gasteiger partial charge in [0.25, 0.3) is 5.56 Å². The van der Waals surface area contributed by atoms with Crippen LogP contribution in [0.15, 0.2) is 34.1 Å². The minimum absolute atomic E-state index is 0.0765. The molecule has 1 aliphatic rings. The molecule has 0 aliphatic carbocycles. The van der Waals surface area contributed by atoms with Gasteiger partial charge in [-0.05, 0) is 42.8 Å². The van der Waals surface area contributed by atoms with Crippen LogP contribution in [0.2, 0.25) is 0 Å². The van der Waals surface area contributed by atoms with Gasteiger partial charge in [-0.25, -0.2) is 18.0 Å². The lowest BCUT2D eigenvalue weighted by atomic mass is 10.1. The quantitative estimate of drug-likeness (QED) is 0.388. The molecule has 0 radical (unpaired) electrons. The van der Waals surface area contributed by atoms with Gasteiger partial charge in [-0.3, -0.25) is 4.79 Å². The molecule has 11 heteroatoms. The normalized spacial score (nSPS) is 17.7. The predicted octanol–water partition coefficient (Wildman–Crippen LogP) is 2.08. The minimum Gasteiger partial charge on any atom is -0.462 e. The Morgan fingerprint density at radius 1 is 1.40 bits per heavy atom. The summed E-state index contributed by atoms with van der Waals surface area (Å²) < 4.78 is 32.8. The molecule has 1 atom stereocenters. The number of esters is 1. The standard InChI is InChI=1S/C19H21ClN4O5S/c1-2-7-29-19(26)14-9-21-17-16(14)13-8-12(3-4-15(13)22-18(17)25)30(27,28)24-6-5-11(10-24)23-20/h3-4,8-9,11,21,23H,2,5-7,10H2,1H3,(H,22,25)/t11-/m0/s1. The molecule has 1 aliphatic heterocycles. The van der Waals surface area contributed by atoms with Gasteiger partial charge >= 0.3 is 5.97 Å². The third-order valence-corrected chi connectivity index (χ3v) is 7.39. The molecule has 3 N–H and O–H groups in total. The molecule has 0 amide bonds. The highest BCUT2D eigenvalue weighted by atomic mass is 35.5. The molecule has 0 bridgehead atoms.